The van der Waals surface area contributed by atoms with Crippen LogP contribution in [0.4, 0.5) is 0 Å². The molecule has 3 rings (SSSR count). The van der Waals surface area contributed by atoms with E-state index in [0.29, 0.717) is 5.76 Å². The van der Waals surface area contributed by atoms with Gasteiger partial charge in [0.15, 0.2) is 5.76 Å². The van der Waals surface area contributed by atoms with Crippen molar-refractivity contribution in [2.75, 3.05) is 7.11 Å². The molecule has 0 radical (unpaired) electrons. The van der Waals surface area contributed by atoms with Gasteiger partial charge in [0.2, 0.25) is 0 Å². The van der Waals surface area contributed by atoms with Gasteiger partial charge in [0, 0.05) is 5.56 Å². The van der Waals surface area contributed by atoms with E-state index in [0.717, 1.165) is 22.4 Å². The smallest absolute Gasteiger partial charge is 0.292 e. The van der Waals surface area contributed by atoms with Crippen molar-refractivity contribution in [3.05, 3.63) is 60.1 Å². The van der Waals surface area contributed by atoms with Crippen molar-refractivity contribution in [1.29, 1.82) is 0 Å². The second-order valence-corrected chi connectivity index (χ2v) is 4.61. The summed E-state index contributed by atoms with van der Waals surface area (Å²) in [7, 11) is 1.66. The molecule has 2 aromatic carbocycles. The highest BCUT2D eigenvalue weighted by atomic mass is 35.5. The van der Waals surface area contributed by atoms with Gasteiger partial charge in [0.25, 0.3) is 5.35 Å². The Kier molecular flexibility index (Phi) is 3.44. The summed E-state index contributed by atoms with van der Waals surface area (Å²) in [6, 6.07) is 15.9. The Balaban J connectivity index is 1.98. The molecule has 0 saturated heterocycles. The summed E-state index contributed by atoms with van der Waals surface area (Å²) in [5.74, 6) is 1.50. The number of methoxy groups -OCH3 is 1. The summed E-state index contributed by atoms with van der Waals surface area (Å²) in [6.07, 6.45) is 1.62. The lowest BCUT2D eigenvalue weighted by Crippen LogP contribution is -1.83. The van der Waals surface area contributed by atoms with Crippen LogP contribution in [0.5, 0.6) is 5.75 Å². The highest BCUT2D eigenvalue weighted by molar-refractivity contribution is 6.27. The molecule has 0 saturated carbocycles. The van der Waals surface area contributed by atoms with E-state index in [4.69, 9.17) is 20.8 Å². The third-order valence-electron chi connectivity index (χ3n) is 3.05. The van der Waals surface area contributed by atoms with Crippen LogP contribution < -0.4 is 4.74 Å². The first-order valence-electron chi connectivity index (χ1n) is 6.12. The monoisotopic (exact) mass is 285 g/mol. The first-order valence-corrected chi connectivity index (χ1v) is 6.50. The van der Waals surface area contributed by atoms with Crippen molar-refractivity contribution in [3.8, 4) is 28.2 Å². The molecule has 0 amide bonds. The molecule has 0 spiro atoms. The number of nitrogens with zero attached hydrogens (tertiary/aromatic N) is 1. The summed E-state index contributed by atoms with van der Waals surface area (Å²) in [5, 5.41) is 0.148. The number of halogens is 1. The number of hydrogen-bond acceptors (Lipinski definition) is 3. The van der Waals surface area contributed by atoms with Crippen molar-refractivity contribution in [3.63, 3.8) is 0 Å². The van der Waals surface area contributed by atoms with Crippen molar-refractivity contribution in [2.45, 2.75) is 0 Å². The van der Waals surface area contributed by atoms with Crippen molar-refractivity contribution in [2.24, 2.45) is 0 Å². The van der Waals surface area contributed by atoms with Gasteiger partial charge in [0.05, 0.1) is 13.3 Å². The minimum Gasteiger partial charge on any atom is -0.497 e. The Labute approximate surface area is 121 Å². The van der Waals surface area contributed by atoms with Crippen LogP contribution in [0.2, 0.25) is 5.35 Å². The van der Waals surface area contributed by atoms with Gasteiger partial charge in [0.1, 0.15) is 5.75 Å². The number of oxazole rings is 1. The molecule has 3 aromatic rings. The van der Waals surface area contributed by atoms with Crippen molar-refractivity contribution < 1.29 is 9.15 Å². The van der Waals surface area contributed by atoms with Crippen LogP contribution in [0.25, 0.3) is 22.5 Å². The number of ether oxygens (including phenoxy) is 1. The van der Waals surface area contributed by atoms with Crippen LogP contribution in [-0.4, -0.2) is 12.1 Å². The van der Waals surface area contributed by atoms with Gasteiger partial charge in [-0.1, -0.05) is 30.3 Å². The molecule has 1 heterocycles. The zero-order valence-electron chi connectivity index (χ0n) is 10.8. The number of hydrogen-bond donors (Lipinski definition) is 0. The van der Waals surface area contributed by atoms with Crippen LogP contribution in [-0.2, 0) is 0 Å². The molecule has 4 heteroatoms. The van der Waals surface area contributed by atoms with E-state index in [1.54, 1.807) is 13.3 Å². The summed E-state index contributed by atoms with van der Waals surface area (Å²) in [6.45, 7) is 0. The minimum atomic E-state index is 0.148. The van der Waals surface area contributed by atoms with Gasteiger partial charge >= 0.3 is 0 Å². The molecule has 0 aliphatic carbocycles. The molecule has 20 heavy (non-hydrogen) atoms. The molecule has 0 bridgehead atoms. The molecular formula is C16H12ClNO2. The highest BCUT2D eigenvalue weighted by Crippen LogP contribution is 2.28. The lowest BCUT2D eigenvalue weighted by molar-refractivity contribution is 0.415. The zero-order valence-corrected chi connectivity index (χ0v) is 11.6. The average molecular weight is 286 g/mol. The molecular weight excluding hydrogens is 274 g/mol. The van der Waals surface area contributed by atoms with Crippen molar-refractivity contribution in [1.82, 2.24) is 4.98 Å². The third-order valence-corrected chi connectivity index (χ3v) is 3.22. The maximum absolute atomic E-state index is 5.71. The zero-order chi connectivity index (χ0) is 13.9. The van der Waals surface area contributed by atoms with E-state index in [-0.39, 0.29) is 5.35 Å². The maximum atomic E-state index is 5.71. The molecule has 1 aromatic heterocycles. The fraction of sp³-hybridized carbons (Fsp3) is 0.0625. The van der Waals surface area contributed by atoms with Crippen LogP contribution in [0.15, 0.2) is 59.1 Å². The quantitative estimate of drug-likeness (QED) is 0.701. The van der Waals surface area contributed by atoms with E-state index in [1.807, 2.05) is 48.5 Å². The van der Waals surface area contributed by atoms with E-state index >= 15 is 0 Å². The lowest BCUT2D eigenvalue weighted by atomic mass is 10.0. The Morgan fingerprint density at radius 3 is 2.40 bits per heavy atom. The second kappa shape index (κ2) is 5.39. The van der Waals surface area contributed by atoms with E-state index in [9.17, 15) is 0 Å². The number of aromatic nitrogens is 1. The first kappa shape index (κ1) is 12.8. The summed E-state index contributed by atoms with van der Waals surface area (Å²) in [5.41, 5.74) is 3.15. The van der Waals surface area contributed by atoms with Gasteiger partial charge < -0.3 is 9.15 Å². The van der Waals surface area contributed by atoms with Crippen LogP contribution in [0.3, 0.4) is 0 Å². The fourth-order valence-electron chi connectivity index (χ4n) is 2.02. The minimum absolute atomic E-state index is 0.148. The van der Waals surface area contributed by atoms with E-state index < -0.39 is 0 Å². The Morgan fingerprint density at radius 1 is 1.00 bits per heavy atom. The summed E-state index contributed by atoms with van der Waals surface area (Å²) >= 11 is 5.71. The average Bonchev–Trinajstić information content (AvgIpc) is 2.94. The fourth-order valence-corrected chi connectivity index (χ4v) is 2.15. The van der Waals surface area contributed by atoms with E-state index in [1.165, 1.54) is 0 Å². The standard InChI is InChI=1S/C16H12ClNO2/c1-19-14-7-5-11(6-8-14)12-3-2-4-13(9-12)15-10-18-16(17)20-15/h2-10H,1H3. The molecule has 0 aliphatic rings. The lowest BCUT2D eigenvalue weighted by Gasteiger charge is -2.05. The molecule has 0 unspecified atom stereocenters. The number of benzene rings is 2. The van der Waals surface area contributed by atoms with Crippen molar-refractivity contribution >= 4 is 11.6 Å². The van der Waals surface area contributed by atoms with Crippen LogP contribution >= 0.6 is 11.6 Å². The molecule has 100 valence electrons. The highest BCUT2D eigenvalue weighted by Gasteiger charge is 2.06. The topological polar surface area (TPSA) is 35.3 Å². The first-order chi connectivity index (χ1) is 9.76. The van der Waals surface area contributed by atoms with Crippen LogP contribution in [0.1, 0.15) is 0 Å². The second-order valence-electron chi connectivity index (χ2n) is 4.29. The van der Waals surface area contributed by atoms with Gasteiger partial charge in [-0.25, -0.2) is 4.98 Å². The molecule has 0 atom stereocenters. The Morgan fingerprint density at radius 2 is 1.75 bits per heavy atom. The SMILES string of the molecule is COc1ccc(-c2cccc(-c3cnc(Cl)o3)c2)cc1. The molecule has 0 fully saturated rings. The third kappa shape index (κ3) is 2.53. The normalized spacial score (nSPS) is 10.5. The summed E-state index contributed by atoms with van der Waals surface area (Å²) in [4.78, 5) is 3.90. The van der Waals surface area contributed by atoms with Gasteiger partial charge in [-0.2, -0.15) is 0 Å². The predicted octanol–water partition coefficient (Wildman–Crippen LogP) is 4.67. The number of rotatable bonds is 3. The molecule has 3 nitrogen and oxygen atoms in total. The van der Waals surface area contributed by atoms with E-state index in [2.05, 4.69) is 4.98 Å². The van der Waals surface area contributed by atoms with Crippen LogP contribution in [0, 0.1) is 0 Å². The maximum Gasteiger partial charge on any atom is 0.292 e. The predicted molar refractivity (Wildman–Crippen MR) is 78.9 cm³/mol. The van der Waals surface area contributed by atoms with Gasteiger partial charge in [-0.15, -0.1) is 0 Å². The summed E-state index contributed by atoms with van der Waals surface area (Å²) < 4.78 is 10.5. The Hall–Kier alpha value is -2.26. The van der Waals surface area contributed by atoms with Gasteiger partial charge in [-0.05, 0) is 40.9 Å². The molecule has 0 N–H and O–H groups in total. The molecule has 0 aliphatic heterocycles. The largest absolute Gasteiger partial charge is 0.497 e. The Bertz CT molecular complexity index is 719. The van der Waals surface area contributed by atoms with Gasteiger partial charge in [-0.3, -0.25) is 0 Å².